The highest BCUT2D eigenvalue weighted by Gasteiger charge is 2.47. The Morgan fingerprint density at radius 2 is 1.90 bits per heavy atom. The van der Waals surface area contributed by atoms with Crippen LogP contribution in [0.3, 0.4) is 0 Å². The first-order valence-corrected chi connectivity index (χ1v) is 13.9. The van der Waals surface area contributed by atoms with Crippen LogP contribution in [0.2, 0.25) is 0 Å². The molecule has 0 radical (unpaired) electrons. The van der Waals surface area contributed by atoms with Gasteiger partial charge < -0.3 is 33.9 Å². The fraction of sp³-hybridized carbons (Fsp3) is 0.586. The molecule has 1 aromatic rings. The predicted octanol–water partition coefficient (Wildman–Crippen LogP) is 3.35. The molecule has 41 heavy (non-hydrogen) atoms. The van der Waals surface area contributed by atoms with Crippen molar-refractivity contribution in [2.24, 2.45) is 5.41 Å². The SMILES string of the molecule is COC(=O)C1C[C@@H]2CN1C(=O)[C@H](C(C)(C)C)NC(=O)OCCCC/C=C\c1c3c(cc4c1OCO4)CN(C3)C(=O)O2. The number of fused-ring (bicyclic) bond motifs is 5. The number of methoxy groups -OCH3 is 1. The number of nitrogens with one attached hydrogen (secondary N) is 1. The lowest BCUT2D eigenvalue weighted by molar-refractivity contribution is -0.152. The van der Waals surface area contributed by atoms with Gasteiger partial charge in [0.15, 0.2) is 11.5 Å². The monoisotopic (exact) mass is 571 g/mol. The summed E-state index contributed by atoms with van der Waals surface area (Å²) in [6.07, 6.45) is 4.24. The van der Waals surface area contributed by atoms with Crippen LogP contribution in [-0.2, 0) is 36.9 Å². The summed E-state index contributed by atoms with van der Waals surface area (Å²) in [7, 11) is 1.24. The molecule has 12 heteroatoms. The van der Waals surface area contributed by atoms with Crippen molar-refractivity contribution < 1.29 is 42.9 Å². The van der Waals surface area contributed by atoms with Gasteiger partial charge in [-0.1, -0.05) is 32.9 Å². The van der Waals surface area contributed by atoms with Gasteiger partial charge in [0.25, 0.3) is 0 Å². The molecular formula is C29H37N3O9. The summed E-state index contributed by atoms with van der Waals surface area (Å²) in [5.74, 6) is 0.188. The second-order valence-electron chi connectivity index (χ2n) is 11.8. The van der Waals surface area contributed by atoms with Crippen LogP contribution in [0.5, 0.6) is 11.5 Å². The Labute approximate surface area is 238 Å². The summed E-state index contributed by atoms with van der Waals surface area (Å²) in [4.78, 5) is 55.4. The number of alkyl carbamates (subject to hydrolysis) is 1. The quantitative estimate of drug-likeness (QED) is 0.398. The smallest absolute Gasteiger partial charge is 0.410 e. The first-order valence-electron chi connectivity index (χ1n) is 13.9. The minimum absolute atomic E-state index is 0.0155. The van der Waals surface area contributed by atoms with Crippen molar-refractivity contribution in [1.29, 1.82) is 0 Å². The molecule has 4 bridgehead atoms. The van der Waals surface area contributed by atoms with Crippen molar-refractivity contribution in [2.75, 3.05) is 27.1 Å². The summed E-state index contributed by atoms with van der Waals surface area (Å²) in [5, 5.41) is 2.69. The Kier molecular flexibility index (Phi) is 8.01. The molecule has 0 aromatic heterocycles. The average Bonchev–Trinajstić information content (AvgIpc) is 3.67. The van der Waals surface area contributed by atoms with E-state index in [-0.39, 0.29) is 26.4 Å². The summed E-state index contributed by atoms with van der Waals surface area (Å²) in [5.41, 5.74) is 2.07. The van der Waals surface area contributed by atoms with Crippen LogP contribution in [0.15, 0.2) is 12.1 Å². The van der Waals surface area contributed by atoms with Crippen molar-refractivity contribution >= 4 is 30.1 Å². The molecule has 222 valence electrons. The number of cyclic esters (lactones) is 1. The number of benzene rings is 1. The Hall–Kier alpha value is -3.96. The third-order valence-corrected chi connectivity index (χ3v) is 7.82. The maximum Gasteiger partial charge on any atom is 0.410 e. The molecule has 1 fully saturated rings. The molecule has 4 aliphatic heterocycles. The number of nitrogens with zero attached hydrogens (tertiary/aromatic N) is 2. The van der Waals surface area contributed by atoms with E-state index in [1.54, 1.807) is 4.90 Å². The normalized spacial score (nSPS) is 25.8. The number of rotatable bonds is 1. The topological polar surface area (TPSA) is 133 Å². The lowest BCUT2D eigenvalue weighted by atomic mass is 9.85. The van der Waals surface area contributed by atoms with E-state index in [9.17, 15) is 19.2 Å². The first kappa shape index (κ1) is 28.6. The number of carbonyl (C=O) groups is 4. The molecule has 1 aromatic carbocycles. The van der Waals surface area contributed by atoms with E-state index in [1.165, 1.54) is 12.0 Å². The molecule has 5 rings (SSSR count). The van der Waals surface area contributed by atoms with Crippen molar-refractivity contribution in [2.45, 2.75) is 77.7 Å². The molecule has 1 unspecified atom stereocenters. The zero-order valence-corrected chi connectivity index (χ0v) is 23.9. The molecule has 1 saturated heterocycles. The van der Waals surface area contributed by atoms with Crippen molar-refractivity contribution in [1.82, 2.24) is 15.1 Å². The van der Waals surface area contributed by atoms with Crippen LogP contribution < -0.4 is 14.8 Å². The molecule has 3 amide bonds. The van der Waals surface area contributed by atoms with E-state index in [4.69, 9.17) is 23.7 Å². The van der Waals surface area contributed by atoms with Gasteiger partial charge in [-0.25, -0.2) is 14.4 Å². The molecular weight excluding hydrogens is 534 g/mol. The number of ether oxygens (including phenoxy) is 5. The van der Waals surface area contributed by atoms with Gasteiger partial charge in [-0.3, -0.25) is 9.69 Å². The Morgan fingerprint density at radius 1 is 1.10 bits per heavy atom. The van der Waals surface area contributed by atoms with Crippen LogP contribution in [0, 0.1) is 5.41 Å². The number of esters is 1. The third kappa shape index (κ3) is 5.91. The van der Waals surface area contributed by atoms with Crippen molar-refractivity contribution in [3.8, 4) is 11.5 Å². The minimum atomic E-state index is -0.983. The van der Waals surface area contributed by atoms with E-state index < -0.39 is 47.7 Å². The second-order valence-corrected chi connectivity index (χ2v) is 11.8. The summed E-state index contributed by atoms with van der Waals surface area (Å²) >= 11 is 0. The van der Waals surface area contributed by atoms with Crippen molar-refractivity contribution in [3.63, 3.8) is 0 Å². The molecule has 3 atom stereocenters. The lowest BCUT2D eigenvalue weighted by Crippen LogP contribution is -2.57. The summed E-state index contributed by atoms with van der Waals surface area (Å²) in [6, 6.07) is -0.0513. The van der Waals surface area contributed by atoms with E-state index in [0.717, 1.165) is 29.5 Å². The van der Waals surface area contributed by atoms with Crippen molar-refractivity contribution in [3.05, 3.63) is 28.8 Å². The fourth-order valence-corrected chi connectivity index (χ4v) is 5.65. The number of amides is 3. The largest absolute Gasteiger partial charge is 0.467 e. The van der Waals surface area contributed by atoms with Gasteiger partial charge in [0, 0.05) is 18.5 Å². The Balaban J connectivity index is 1.43. The molecule has 4 heterocycles. The zero-order valence-electron chi connectivity index (χ0n) is 23.9. The van der Waals surface area contributed by atoms with E-state index >= 15 is 0 Å². The van der Waals surface area contributed by atoms with E-state index in [0.29, 0.717) is 31.0 Å². The standard InChI is InChI=1S/C29H37N3O9/c1-29(2,3)24-25(33)32-14-18(12-21(32)26(34)37-4)41-28(36)31-13-17-11-22-23(40-16-39-22)19(20(17)15-31)9-7-5-6-8-10-38-27(35)30-24/h7,9,11,18,21,24H,5-6,8,10,12-16H2,1-4H3,(H,30,35)/b9-7-/t18-,21?,24-/m1/s1. The van der Waals surface area contributed by atoms with Gasteiger partial charge >= 0.3 is 18.2 Å². The summed E-state index contributed by atoms with van der Waals surface area (Å²) in [6.45, 7) is 6.41. The van der Waals surface area contributed by atoms with Gasteiger partial charge in [-0.15, -0.1) is 0 Å². The maximum atomic E-state index is 13.8. The van der Waals surface area contributed by atoms with Crippen LogP contribution in [0.4, 0.5) is 9.59 Å². The van der Waals surface area contributed by atoms with Crippen LogP contribution >= 0.6 is 0 Å². The highest BCUT2D eigenvalue weighted by Crippen LogP contribution is 2.43. The number of hydrogen-bond acceptors (Lipinski definition) is 9. The maximum absolute atomic E-state index is 13.8. The molecule has 0 aliphatic carbocycles. The average molecular weight is 572 g/mol. The van der Waals surface area contributed by atoms with E-state index in [1.807, 2.05) is 39.0 Å². The molecule has 4 aliphatic rings. The number of carbonyl (C=O) groups excluding carboxylic acids is 4. The zero-order chi connectivity index (χ0) is 29.3. The number of allylic oxidation sites excluding steroid dienone is 1. The molecule has 1 N–H and O–H groups in total. The Morgan fingerprint density at radius 3 is 2.66 bits per heavy atom. The molecule has 0 spiro atoms. The van der Waals surface area contributed by atoms with Gasteiger partial charge in [-0.2, -0.15) is 0 Å². The fourth-order valence-electron chi connectivity index (χ4n) is 5.65. The first-order chi connectivity index (χ1) is 19.6. The third-order valence-electron chi connectivity index (χ3n) is 7.82. The van der Waals surface area contributed by atoms with Gasteiger partial charge in [0.05, 0.1) is 26.8 Å². The van der Waals surface area contributed by atoms with Gasteiger partial charge in [0.2, 0.25) is 12.7 Å². The molecule has 12 nitrogen and oxygen atoms in total. The minimum Gasteiger partial charge on any atom is -0.467 e. The predicted molar refractivity (Wildman–Crippen MR) is 145 cm³/mol. The lowest BCUT2D eigenvalue weighted by Gasteiger charge is -2.34. The van der Waals surface area contributed by atoms with E-state index in [2.05, 4.69) is 5.32 Å². The molecule has 0 saturated carbocycles. The number of hydrogen-bond donors (Lipinski definition) is 1. The highest BCUT2D eigenvalue weighted by atomic mass is 16.7. The summed E-state index contributed by atoms with van der Waals surface area (Å²) < 4.78 is 27.6. The van der Waals surface area contributed by atoms with Crippen LogP contribution in [-0.4, -0.2) is 79.1 Å². The van der Waals surface area contributed by atoms with Gasteiger partial charge in [0.1, 0.15) is 18.2 Å². The second kappa shape index (κ2) is 11.5. The highest BCUT2D eigenvalue weighted by molar-refractivity contribution is 5.91. The van der Waals surface area contributed by atoms with Crippen LogP contribution in [0.25, 0.3) is 6.08 Å². The Bertz CT molecular complexity index is 1250. The van der Waals surface area contributed by atoms with Gasteiger partial charge in [-0.05, 0) is 41.9 Å². The van der Waals surface area contributed by atoms with Crippen LogP contribution in [0.1, 0.15) is 63.1 Å².